The van der Waals surface area contributed by atoms with E-state index in [4.69, 9.17) is 12.8 Å². The zero-order valence-electron chi connectivity index (χ0n) is 20.0. The molecule has 2 radical (unpaired) electrons. The Morgan fingerprint density at radius 3 is 1.89 bits per heavy atom. The molecule has 0 spiro atoms. The molecular formula is C33H21BN2Se. The van der Waals surface area contributed by atoms with Crippen molar-refractivity contribution in [1.82, 2.24) is 4.98 Å². The van der Waals surface area contributed by atoms with Gasteiger partial charge in [0.15, 0.2) is 0 Å². The predicted molar refractivity (Wildman–Crippen MR) is 158 cm³/mol. The van der Waals surface area contributed by atoms with E-state index in [9.17, 15) is 0 Å². The van der Waals surface area contributed by atoms with Crippen molar-refractivity contribution in [2.45, 2.75) is 0 Å². The normalized spacial score (nSPS) is 12.3. The van der Waals surface area contributed by atoms with Crippen LogP contribution in [0.4, 0.5) is 17.1 Å². The van der Waals surface area contributed by atoms with E-state index in [0.29, 0.717) is 0 Å². The number of pyridine rings is 1. The summed E-state index contributed by atoms with van der Waals surface area (Å²) in [6, 6.07) is 44.8. The van der Waals surface area contributed by atoms with Crippen LogP contribution in [0.15, 0.2) is 127 Å². The van der Waals surface area contributed by atoms with Crippen LogP contribution in [0, 0.1) is 0 Å². The van der Waals surface area contributed by atoms with Gasteiger partial charge in [-0.25, -0.2) is 0 Å². The van der Waals surface area contributed by atoms with Crippen molar-refractivity contribution in [3.05, 3.63) is 127 Å². The van der Waals surface area contributed by atoms with Crippen LogP contribution in [0.5, 0.6) is 0 Å². The van der Waals surface area contributed by atoms with Crippen LogP contribution in [0.3, 0.4) is 0 Å². The maximum absolute atomic E-state index is 6.00. The van der Waals surface area contributed by atoms with Gasteiger partial charge in [0.2, 0.25) is 0 Å². The van der Waals surface area contributed by atoms with Gasteiger partial charge in [0, 0.05) is 0 Å². The Kier molecular flexibility index (Phi) is 5.43. The third-order valence-corrected chi connectivity index (χ3v) is 9.15. The third kappa shape index (κ3) is 3.86. The van der Waals surface area contributed by atoms with Crippen LogP contribution in [-0.2, 0) is 0 Å². The summed E-state index contributed by atoms with van der Waals surface area (Å²) in [7, 11) is 6.00. The topological polar surface area (TPSA) is 16.1 Å². The first-order valence-electron chi connectivity index (χ1n) is 12.3. The molecule has 0 fully saturated rings. The summed E-state index contributed by atoms with van der Waals surface area (Å²) in [6.07, 6.45) is 0. The van der Waals surface area contributed by atoms with Gasteiger partial charge in [0.25, 0.3) is 0 Å². The molecule has 37 heavy (non-hydrogen) atoms. The summed E-state index contributed by atoms with van der Waals surface area (Å²) in [5, 5.41) is 1.13. The number of anilines is 3. The molecule has 7 rings (SSSR count). The Morgan fingerprint density at radius 1 is 0.568 bits per heavy atom. The summed E-state index contributed by atoms with van der Waals surface area (Å²) in [5.41, 5.74) is 9.60. The van der Waals surface area contributed by atoms with Crippen LogP contribution >= 0.6 is 0 Å². The molecule has 2 heterocycles. The fraction of sp³-hybridized carbons (Fsp3) is 0. The van der Waals surface area contributed by atoms with Gasteiger partial charge in [0.05, 0.1) is 0 Å². The Balaban J connectivity index is 1.55. The molecule has 2 nitrogen and oxygen atoms in total. The average molecular weight is 535 g/mol. The third-order valence-electron chi connectivity index (χ3n) is 6.78. The van der Waals surface area contributed by atoms with E-state index >= 15 is 0 Å². The fourth-order valence-corrected chi connectivity index (χ4v) is 7.26. The van der Waals surface area contributed by atoms with Gasteiger partial charge in [-0.1, -0.05) is 0 Å². The Labute approximate surface area is 224 Å². The maximum atomic E-state index is 6.00. The molecule has 172 valence electrons. The van der Waals surface area contributed by atoms with E-state index < -0.39 is 0 Å². The van der Waals surface area contributed by atoms with Crippen LogP contribution in [0.2, 0.25) is 0 Å². The minimum absolute atomic E-state index is 0.256. The molecule has 6 aromatic rings. The molecule has 1 aliphatic heterocycles. The number of nitrogens with zero attached hydrogens (tertiary/aromatic N) is 2. The zero-order chi connectivity index (χ0) is 24.8. The molecule has 0 amide bonds. The number of fused-ring (bicyclic) bond motifs is 3. The molecule has 0 saturated carbocycles. The van der Waals surface area contributed by atoms with E-state index in [2.05, 4.69) is 120 Å². The van der Waals surface area contributed by atoms with Crippen molar-refractivity contribution in [1.29, 1.82) is 0 Å². The summed E-state index contributed by atoms with van der Waals surface area (Å²) >= 11 is 0.256. The molecule has 0 N–H and O–H groups in total. The summed E-state index contributed by atoms with van der Waals surface area (Å²) in [4.78, 5) is 7.70. The molecule has 1 aromatic heterocycles. The molecule has 0 atom stereocenters. The van der Waals surface area contributed by atoms with Crippen LogP contribution in [0.25, 0.3) is 33.3 Å². The number of hydrogen-bond donors (Lipinski definition) is 0. The first kappa shape index (κ1) is 22.1. The van der Waals surface area contributed by atoms with Gasteiger partial charge in [-0.3, -0.25) is 0 Å². The number of hydrogen-bond acceptors (Lipinski definition) is 2. The van der Waals surface area contributed by atoms with Crippen molar-refractivity contribution in [2.24, 2.45) is 0 Å². The van der Waals surface area contributed by atoms with Gasteiger partial charge < -0.3 is 0 Å². The van der Waals surface area contributed by atoms with Crippen molar-refractivity contribution in [2.75, 3.05) is 4.90 Å². The van der Waals surface area contributed by atoms with Gasteiger partial charge in [-0.05, 0) is 0 Å². The first-order valence-corrected chi connectivity index (χ1v) is 14.0. The van der Waals surface area contributed by atoms with Gasteiger partial charge >= 0.3 is 225 Å². The van der Waals surface area contributed by atoms with E-state index in [1.54, 1.807) is 0 Å². The van der Waals surface area contributed by atoms with Crippen LogP contribution in [-0.4, -0.2) is 27.8 Å². The number of benzene rings is 5. The second kappa shape index (κ2) is 9.08. The standard InChI is InChI=1S/C33H21BN2Se/c34-24-19-17-23(18-20-24)27-21-26(22-9-2-1-3-10-22)25-11-8-14-30(33(25)35-27)36-28-12-4-6-15-31(28)37-32-16-7-5-13-29(32)36/h1-21H. The molecule has 5 aromatic carbocycles. The van der Waals surface area contributed by atoms with Crippen LogP contribution < -0.4 is 19.3 Å². The number of para-hydroxylation sites is 3. The molecular weight excluding hydrogens is 514 g/mol. The van der Waals surface area contributed by atoms with Crippen molar-refractivity contribution < 1.29 is 0 Å². The monoisotopic (exact) mass is 536 g/mol. The second-order valence-corrected chi connectivity index (χ2v) is 11.4. The SMILES string of the molecule is [B]c1ccc(-c2cc(-c3ccccc3)c3cccc(N4c5ccccc5[Se]c5ccccc54)c3n2)cc1. The Morgan fingerprint density at radius 2 is 1.19 bits per heavy atom. The molecule has 1 aliphatic rings. The van der Waals surface area contributed by atoms with Crippen molar-refractivity contribution in [3.63, 3.8) is 0 Å². The predicted octanol–water partition coefficient (Wildman–Crippen LogP) is 5.80. The summed E-state index contributed by atoms with van der Waals surface area (Å²) in [5.74, 6) is 0. The van der Waals surface area contributed by atoms with Gasteiger partial charge in [0.1, 0.15) is 0 Å². The van der Waals surface area contributed by atoms with Gasteiger partial charge in [-0.15, -0.1) is 0 Å². The zero-order valence-corrected chi connectivity index (χ0v) is 21.7. The van der Waals surface area contributed by atoms with E-state index in [1.807, 2.05) is 12.1 Å². The van der Waals surface area contributed by atoms with Crippen molar-refractivity contribution in [3.8, 4) is 22.4 Å². The average Bonchev–Trinajstić information content (AvgIpc) is 2.96. The summed E-state index contributed by atoms with van der Waals surface area (Å²) < 4.78 is 2.76. The Hall–Kier alpha value is -4.11. The van der Waals surface area contributed by atoms with Crippen LogP contribution in [0.1, 0.15) is 0 Å². The molecule has 4 heteroatoms. The molecule has 0 aliphatic carbocycles. The first-order chi connectivity index (χ1) is 18.3. The number of aromatic nitrogens is 1. The summed E-state index contributed by atoms with van der Waals surface area (Å²) in [6.45, 7) is 0. The van der Waals surface area contributed by atoms with E-state index in [-0.39, 0.29) is 15.0 Å². The fourth-order valence-electron chi connectivity index (χ4n) is 5.04. The van der Waals surface area contributed by atoms with Gasteiger partial charge in [-0.2, -0.15) is 0 Å². The van der Waals surface area contributed by atoms with E-state index in [0.717, 1.165) is 33.3 Å². The quantitative estimate of drug-likeness (QED) is 0.266. The molecule has 0 bridgehead atoms. The van der Waals surface area contributed by atoms with E-state index in [1.165, 1.54) is 31.4 Å². The number of rotatable bonds is 3. The molecule has 0 saturated heterocycles. The Bertz CT molecular complexity index is 1720. The minimum atomic E-state index is 0.256. The second-order valence-electron chi connectivity index (χ2n) is 9.09. The van der Waals surface area contributed by atoms with Crippen molar-refractivity contribution >= 4 is 65.2 Å². The molecule has 0 unspecified atom stereocenters.